The van der Waals surface area contributed by atoms with Crippen molar-refractivity contribution in [1.29, 1.82) is 0 Å². The van der Waals surface area contributed by atoms with Crippen LogP contribution in [0.1, 0.15) is 27.2 Å². The number of nitrogens with one attached hydrogen (secondary N) is 2. The molecule has 0 spiro atoms. The molecule has 0 unspecified atom stereocenters. The van der Waals surface area contributed by atoms with Crippen LogP contribution in [0.4, 0.5) is 10.5 Å². The van der Waals surface area contributed by atoms with Gasteiger partial charge in [0.2, 0.25) is 0 Å². The Kier molecular flexibility index (Phi) is 6.70. The molecule has 0 aromatic heterocycles. The molecule has 6 nitrogen and oxygen atoms in total. The predicted octanol–water partition coefficient (Wildman–Crippen LogP) is 3.07. The van der Waals surface area contributed by atoms with Gasteiger partial charge >= 0.3 is 6.09 Å². The summed E-state index contributed by atoms with van der Waals surface area (Å²) in [6, 6.07) is 4.51. The van der Waals surface area contributed by atoms with E-state index in [0.29, 0.717) is 30.2 Å². The van der Waals surface area contributed by atoms with Crippen molar-refractivity contribution in [3.8, 4) is 0 Å². The lowest BCUT2D eigenvalue weighted by Crippen LogP contribution is -2.33. The molecule has 0 aliphatic heterocycles. The molecule has 8 heteroatoms. The maximum Gasteiger partial charge on any atom is 0.407 e. The summed E-state index contributed by atoms with van der Waals surface area (Å²) in [5.41, 5.74) is 0.0222. The topological polar surface area (TPSA) is 84.5 Å². The zero-order chi connectivity index (χ0) is 17.7. The van der Waals surface area contributed by atoms with Gasteiger partial charge in [-0.15, -0.1) is 0 Å². The highest BCUT2D eigenvalue weighted by Gasteiger charge is 2.15. The first-order chi connectivity index (χ1) is 10.5. The van der Waals surface area contributed by atoms with Gasteiger partial charge in [-0.1, -0.05) is 11.6 Å². The number of hydrogen-bond donors (Lipinski definition) is 2. The van der Waals surface area contributed by atoms with E-state index < -0.39 is 21.5 Å². The normalized spacial score (nSPS) is 11.9. The number of carbonyl (C=O) groups is 1. The fourth-order valence-electron chi connectivity index (χ4n) is 1.69. The molecule has 2 N–H and O–H groups in total. The molecule has 130 valence electrons. The van der Waals surface area contributed by atoms with Gasteiger partial charge in [0.05, 0.1) is 15.6 Å². The molecule has 0 heterocycles. The second-order valence-corrected chi connectivity index (χ2v) is 8.55. The van der Waals surface area contributed by atoms with E-state index in [0.717, 1.165) is 6.26 Å². The lowest BCUT2D eigenvalue weighted by Gasteiger charge is -2.19. The standard InChI is InChI=1S/C15H23ClN2O4S/c1-15(2,3)22-14(19)18-9-5-8-17-13-10-11(23(4,20)21)6-7-12(13)16/h6-7,10,17H,5,8-9H2,1-4H3,(H,18,19). The molecule has 0 atom stereocenters. The van der Waals surface area contributed by atoms with Gasteiger partial charge in [-0.05, 0) is 45.4 Å². The van der Waals surface area contributed by atoms with Crippen LogP contribution in [0.15, 0.2) is 23.1 Å². The Morgan fingerprint density at radius 1 is 1.26 bits per heavy atom. The highest BCUT2D eigenvalue weighted by molar-refractivity contribution is 7.90. The molecule has 0 fully saturated rings. The summed E-state index contributed by atoms with van der Waals surface area (Å²) in [6.07, 6.45) is 1.32. The van der Waals surface area contributed by atoms with Crippen LogP contribution in [-0.2, 0) is 14.6 Å². The van der Waals surface area contributed by atoms with E-state index in [1.54, 1.807) is 26.8 Å². The number of sulfone groups is 1. The minimum Gasteiger partial charge on any atom is -0.444 e. The summed E-state index contributed by atoms with van der Waals surface area (Å²) >= 11 is 6.04. The van der Waals surface area contributed by atoms with Crippen LogP contribution in [-0.4, -0.2) is 39.5 Å². The first-order valence-corrected chi connectivity index (χ1v) is 9.46. The van der Waals surface area contributed by atoms with E-state index in [-0.39, 0.29) is 4.90 Å². The highest BCUT2D eigenvalue weighted by atomic mass is 35.5. The summed E-state index contributed by atoms with van der Waals surface area (Å²) in [6.45, 7) is 6.36. The van der Waals surface area contributed by atoms with E-state index in [9.17, 15) is 13.2 Å². The Labute approximate surface area is 142 Å². The molecule has 0 saturated carbocycles. The molecule has 23 heavy (non-hydrogen) atoms. The Hall–Kier alpha value is -1.47. The van der Waals surface area contributed by atoms with E-state index in [1.807, 2.05) is 0 Å². The van der Waals surface area contributed by atoms with E-state index in [2.05, 4.69) is 10.6 Å². The summed E-state index contributed by atoms with van der Waals surface area (Å²) in [5.74, 6) is 0. The van der Waals surface area contributed by atoms with Crippen LogP contribution in [0, 0.1) is 0 Å². The van der Waals surface area contributed by atoms with Crippen LogP contribution in [0.5, 0.6) is 0 Å². The van der Waals surface area contributed by atoms with Crippen LogP contribution in [0.25, 0.3) is 0 Å². The van der Waals surface area contributed by atoms with Gasteiger partial charge in [0.25, 0.3) is 0 Å². The molecule has 1 aromatic carbocycles. The third-order valence-corrected chi connectivity index (χ3v) is 4.14. The first-order valence-electron chi connectivity index (χ1n) is 7.19. The van der Waals surface area contributed by atoms with Crippen LogP contribution < -0.4 is 10.6 Å². The second kappa shape index (κ2) is 7.88. The third kappa shape index (κ3) is 7.56. The van der Waals surface area contributed by atoms with Crippen molar-refractivity contribution in [1.82, 2.24) is 5.32 Å². The molecule has 0 aliphatic rings. The van der Waals surface area contributed by atoms with Crippen LogP contribution >= 0.6 is 11.6 Å². The smallest absolute Gasteiger partial charge is 0.407 e. The fourth-order valence-corrected chi connectivity index (χ4v) is 2.52. The summed E-state index contributed by atoms with van der Waals surface area (Å²) in [4.78, 5) is 11.7. The number of alkyl carbamates (subject to hydrolysis) is 1. The third-order valence-electron chi connectivity index (χ3n) is 2.70. The average Bonchev–Trinajstić information content (AvgIpc) is 2.36. The molecule has 0 bridgehead atoms. The number of ether oxygens (including phenoxy) is 1. The lowest BCUT2D eigenvalue weighted by molar-refractivity contribution is 0.0528. The highest BCUT2D eigenvalue weighted by Crippen LogP contribution is 2.25. The van der Waals surface area contributed by atoms with Crippen molar-refractivity contribution in [3.63, 3.8) is 0 Å². The summed E-state index contributed by atoms with van der Waals surface area (Å²) in [7, 11) is -3.28. The van der Waals surface area contributed by atoms with Gasteiger partial charge in [-0.3, -0.25) is 0 Å². The maximum absolute atomic E-state index is 11.5. The van der Waals surface area contributed by atoms with E-state index in [1.165, 1.54) is 12.1 Å². The number of hydrogen-bond acceptors (Lipinski definition) is 5. The molecule has 1 aromatic rings. The average molecular weight is 363 g/mol. The van der Waals surface area contributed by atoms with Crippen LogP contribution in [0.3, 0.4) is 0 Å². The summed E-state index contributed by atoms with van der Waals surface area (Å²) in [5, 5.41) is 6.15. The van der Waals surface area contributed by atoms with Crippen molar-refractivity contribution in [2.75, 3.05) is 24.7 Å². The fraction of sp³-hybridized carbons (Fsp3) is 0.533. The number of benzene rings is 1. The molecule has 0 radical (unpaired) electrons. The molecular formula is C15H23ClN2O4S. The number of amides is 1. The minimum absolute atomic E-state index is 0.205. The SMILES string of the molecule is CC(C)(C)OC(=O)NCCCNc1cc(S(C)(=O)=O)ccc1Cl. The minimum atomic E-state index is -3.28. The van der Waals surface area contributed by atoms with Crippen molar-refractivity contribution < 1.29 is 17.9 Å². The van der Waals surface area contributed by atoms with Gasteiger partial charge < -0.3 is 15.4 Å². The lowest BCUT2D eigenvalue weighted by atomic mass is 10.2. The number of anilines is 1. The van der Waals surface area contributed by atoms with Gasteiger partial charge in [0, 0.05) is 19.3 Å². The van der Waals surface area contributed by atoms with Gasteiger partial charge in [0.1, 0.15) is 5.60 Å². The maximum atomic E-state index is 11.5. The van der Waals surface area contributed by atoms with Crippen molar-refractivity contribution in [3.05, 3.63) is 23.2 Å². The van der Waals surface area contributed by atoms with E-state index in [4.69, 9.17) is 16.3 Å². The van der Waals surface area contributed by atoms with Gasteiger partial charge in [-0.2, -0.15) is 0 Å². The monoisotopic (exact) mass is 362 g/mol. The number of rotatable bonds is 6. The van der Waals surface area contributed by atoms with E-state index >= 15 is 0 Å². The van der Waals surface area contributed by atoms with Crippen molar-refractivity contribution in [2.45, 2.75) is 37.7 Å². The largest absolute Gasteiger partial charge is 0.444 e. The molecule has 0 aliphatic carbocycles. The quantitative estimate of drug-likeness (QED) is 0.760. The zero-order valence-corrected chi connectivity index (χ0v) is 15.3. The first kappa shape index (κ1) is 19.6. The molecular weight excluding hydrogens is 340 g/mol. The Balaban J connectivity index is 2.43. The predicted molar refractivity (Wildman–Crippen MR) is 91.9 cm³/mol. The Bertz CT molecular complexity index is 654. The van der Waals surface area contributed by atoms with Crippen molar-refractivity contribution in [2.24, 2.45) is 0 Å². The van der Waals surface area contributed by atoms with Crippen molar-refractivity contribution >= 4 is 33.2 Å². The summed E-state index contributed by atoms with van der Waals surface area (Å²) < 4.78 is 28.2. The zero-order valence-electron chi connectivity index (χ0n) is 13.8. The Morgan fingerprint density at radius 2 is 1.91 bits per heavy atom. The molecule has 1 rings (SSSR count). The number of carbonyl (C=O) groups excluding carboxylic acids is 1. The number of halogens is 1. The Morgan fingerprint density at radius 3 is 2.48 bits per heavy atom. The van der Waals surface area contributed by atoms with Gasteiger partial charge in [0.15, 0.2) is 9.84 Å². The molecule has 1 amide bonds. The second-order valence-electron chi connectivity index (χ2n) is 6.12. The van der Waals surface area contributed by atoms with Gasteiger partial charge in [-0.25, -0.2) is 13.2 Å². The van der Waals surface area contributed by atoms with Crippen LogP contribution in [0.2, 0.25) is 5.02 Å². The molecule has 0 saturated heterocycles.